The minimum Gasteiger partial charge on any atom is -0.506 e. The van der Waals surface area contributed by atoms with Crippen molar-refractivity contribution < 1.29 is 14.6 Å². The van der Waals surface area contributed by atoms with Crippen LogP contribution in [-0.4, -0.2) is 29.1 Å². The number of fused-ring (bicyclic) bond motifs is 1. The summed E-state index contributed by atoms with van der Waals surface area (Å²) < 4.78 is 5.98. The first-order chi connectivity index (χ1) is 12.4. The number of aliphatic imine (C=N–C) groups is 1. The van der Waals surface area contributed by atoms with Gasteiger partial charge in [0, 0.05) is 22.9 Å². The van der Waals surface area contributed by atoms with Gasteiger partial charge in [-0.15, -0.1) is 11.8 Å². The van der Waals surface area contributed by atoms with Crippen LogP contribution in [0.1, 0.15) is 49.3 Å². The van der Waals surface area contributed by atoms with E-state index in [0.29, 0.717) is 21.9 Å². The first kappa shape index (κ1) is 19.5. The van der Waals surface area contributed by atoms with Gasteiger partial charge < -0.3 is 9.84 Å². The summed E-state index contributed by atoms with van der Waals surface area (Å²) in [5.74, 6) is 0.169. The number of aromatic hydroxyl groups is 1. The minimum atomic E-state index is -0.243. The van der Waals surface area contributed by atoms with E-state index in [2.05, 4.69) is 20.9 Å². The highest BCUT2D eigenvalue weighted by Crippen LogP contribution is 2.49. The molecule has 6 heteroatoms. The number of esters is 1. The molecule has 2 unspecified atom stereocenters. The molecule has 2 aliphatic rings. The first-order valence-corrected chi connectivity index (χ1v) is 10.7. The highest BCUT2D eigenvalue weighted by atomic mass is 79.9. The lowest BCUT2D eigenvalue weighted by Gasteiger charge is -2.25. The topological polar surface area (TPSA) is 58.9 Å². The molecule has 0 saturated heterocycles. The standard InChI is InChI=1S/C20H24BrNO3S/c1-4-25-20(24)16-14-7-5-6-8-15(14)26-19(16)22-10-13-9-11(2)12(3)17(21)18(13)23/h9-10,14-15,23H,4-8H2,1-3H3. The number of aryl methyl sites for hydroxylation is 1. The van der Waals surface area contributed by atoms with E-state index in [4.69, 9.17) is 4.74 Å². The number of thioether (sulfide) groups is 1. The van der Waals surface area contributed by atoms with Crippen molar-refractivity contribution >= 4 is 39.9 Å². The van der Waals surface area contributed by atoms with Gasteiger partial charge in [0.05, 0.1) is 16.7 Å². The Morgan fingerprint density at radius 3 is 2.88 bits per heavy atom. The fourth-order valence-electron chi connectivity index (χ4n) is 3.59. The van der Waals surface area contributed by atoms with Gasteiger partial charge in [-0.2, -0.15) is 0 Å². The molecule has 0 aromatic heterocycles. The summed E-state index contributed by atoms with van der Waals surface area (Å²) >= 11 is 5.12. The number of rotatable bonds is 4. The number of benzene rings is 1. The van der Waals surface area contributed by atoms with Gasteiger partial charge in [0.2, 0.25) is 0 Å². The van der Waals surface area contributed by atoms with Crippen LogP contribution in [0, 0.1) is 19.8 Å². The monoisotopic (exact) mass is 437 g/mol. The maximum atomic E-state index is 12.5. The van der Waals surface area contributed by atoms with Gasteiger partial charge in [0.15, 0.2) is 0 Å². The lowest BCUT2D eigenvalue weighted by Crippen LogP contribution is -2.24. The molecule has 1 aliphatic heterocycles. The molecule has 0 radical (unpaired) electrons. The first-order valence-electron chi connectivity index (χ1n) is 9.04. The third-order valence-electron chi connectivity index (χ3n) is 5.16. The van der Waals surface area contributed by atoms with Crippen molar-refractivity contribution in [3.63, 3.8) is 0 Å². The number of hydrogen-bond acceptors (Lipinski definition) is 5. The molecular weight excluding hydrogens is 414 g/mol. The van der Waals surface area contributed by atoms with Crippen LogP contribution in [-0.2, 0) is 9.53 Å². The number of phenols is 1. The molecule has 1 aliphatic carbocycles. The molecule has 1 fully saturated rings. The van der Waals surface area contributed by atoms with Crippen LogP contribution in [0.5, 0.6) is 5.75 Å². The Labute approximate surface area is 167 Å². The highest BCUT2D eigenvalue weighted by molar-refractivity contribution is 9.10. The second-order valence-corrected chi connectivity index (χ2v) is 8.84. The molecule has 1 aromatic carbocycles. The van der Waals surface area contributed by atoms with E-state index < -0.39 is 0 Å². The molecule has 1 heterocycles. The second kappa shape index (κ2) is 8.17. The summed E-state index contributed by atoms with van der Waals surface area (Å²) in [5.41, 5.74) is 3.45. The third-order valence-corrected chi connectivity index (χ3v) is 7.54. The Kier molecular flexibility index (Phi) is 6.13. The quantitative estimate of drug-likeness (QED) is 0.514. The van der Waals surface area contributed by atoms with Crippen LogP contribution in [0.4, 0.5) is 0 Å². The number of carbonyl (C=O) groups is 1. The zero-order valence-corrected chi connectivity index (χ0v) is 17.7. The summed E-state index contributed by atoms with van der Waals surface area (Å²) in [7, 11) is 0. The number of halogens is 1. The van der Waals surface area contributed by atoms with Crippen LogP contribution < -0.4 is 0 Å². The number of ether oxygens (including phenoxy) is 1. The SMILES string of the molecule is CCOC(=O)C1=C(N=Cc2cc(C)c(C)c(Br)c2O)SC2CCCCC12. The summed E-state index contributed by atoms with van der Waals surface area (Å²) in [6.07, 6.45) is 6.13. The summed E-state index contributed by atoms with van der Waals surface area (Å²) in [6.45, 7) is 6.15. The number of carbonyl (C=O) groups excluding carboxylic acids is 1. The van der Waals surface area contributed by atoms with Gasteiger partial charge >= 0.3 is 5.97 Å². The highest BCUT2D eigenvalue weighted by Gasteiger charge is 2.41. The van der Waals surface area contributed by atoms with Crippen molar-refractivity contribution in [2.45, 2.75) is 51.7 Å². The zero-order chi connectivity index (χ0) is 18.8. The molecule has 2 atom stereocenters. The van der Waals surface area contributed by atoms with E-state index in [1.807, 2.05) is 26.8 Å². The molecule has 140 valence electrons. The van der Waals surface area contributed by atoms with Gasteiger partial charge in [-0.05, 0) is 66.7 Å². The van der Waals surface area contributed by atoms with Crippen LogP contribution in [0.3, 0.4) is 0 Å². The Morgan fingerprint density at radius 1 is 1.42 bits per heavy atom. The van der Waals surface area contributed by atoms with Crippen molar-refractivity contribution in [2.75, 3.05) is 6.61 Å². The van der Waals surface area contributed by atoms with Crippen molar-refractivity contribution in [2.24, 2.45) is 10.9 Å². The number of phenolic OH excluding ortho intramolecular Hbond substituents is 1. The van der Waals surface area contributed by atoms with Crippen LogP contribution >= 0.6 is 27.7 Å². The van der Waals surface area contributed by atoms with Crippen molar-refractivity contribution in [3.8, 4) is 5.75 Å². The lowest BCUT2D eigenvalue weighted by atomic mass is 9.84. The van der Waals surface area contributed by atoms with Gasteiger partial charge in [0.25, 0.3) is 0 Å². The van der Waals surface area contributed by atoms with E-state index in [0.717, 1.165) is 41.0 Å². The van der Waals surface area contributed by atoms with Crippen LogP contribution in [0.2, 0.25) is 0 Å². The van der Waals surface area contributed by atoms with Gasteiger partial charge in [0.1, 0.15) is 10.8 Å². The smallest absolute Gasteiger partial charge is 0.337 e. The minimum absolute atomic E-state index is 0.176. The van der Waals surface area contributed by atoms with E-state index in [1.54, 1.807) is 18.0 Å². The normalized spacial score (nSPS) is 22.8. The third kappa shape index (κ3) is 3.72. The predicted molar refractivity (Wildman–Crippen MR) is 110 cm³/mol. The van der Waals surface area contributed by atoms with E-state index >= 15 is 0 Å². The Morgan fingerprint density at radius 2 is 2.15 bits per heavy atom. The molecule has 26 heavy (non-hydrogen) atoms. The van der Waals surface area contributed by atoms with E-state index in [1.165, 1.54) is 6.42 Å². The maximum Gasteiger partial charge on any atom is 0.337 e. The largest absolute Gasteiger partial charge is 0.506 e. The fourth-order valence-corrected chi connectivity index (χ4v) is 5.62. The molecule has 3 rings (SSSR count). The molecule has 0 spiro atoms. The Hall–Kier alpha value is -1.27. The van der Waals surface area contributed by atoms with E-state index in [-0.39, 0.29) is 17.6 Å². The van der Waals surface area contributed by atoms with Crippen molar-refractivity contribution in [3.05, 3.63) is 37.8 Å². The molecule has 1 N–H and O–H groups in total. The molecule has 1 saturated carbocycles. The molecule has 1 aromatic rings. The molecule has 4 nitrogen and oxygen atoms in total. The molecule has 0 amide bonds. The average molecular weight is 438 g/mol. The Balaban J connectivity index is 1.96. The number of nitrogens with zero attached hydrogens (tertiary/aromatic N) is 1. The van der Waals surface area contributed by atoms with Gasteiger partial charge in [-0.25, -0.2) is 9.79 Å². The average Bonchev–Trinajstić information content (AvgIpc) is 3.00. The van der Waals surface area contributed by atoms with Gasteiger partial charge in [-0.3, -0.25) is 0 Å². The predicted octanol–water partition coefficient (Wildman–Crippen LogP) is 5.27. The fraction of sp³-hybridized carbons (Fsp3) is 0.500. The molecular formula is C20H24BrNO3S. The van der Waals surface area contributed by atoms with Crippen molar-refractivity contribution in [1.29, 1.82) is 0 Å². The van der Waals surface area contributed by atoms with Crippen LogP contribution in [0.25, 0.3) is 0 Å². The maximum absolute atomic E-state index is 12.5. The van der Waals surface area contributed by atoms with Gasteiger partial charge in [-0.1, -0.05) is 12.8 Å². The molecule has 0 bridgehead atoms. The lowest BCUT2D eigenvalue weighted by molar-refractivity contribution is -0.139. The van der Waals surface area contributed by atoms with E-state index in [9.17, 15) is 9.90 Å². The van der Waals surface area contributed by atoms with Crippen LogP contribution in [0.15, 0.2) is 26.1 Å². The Bertz CT molecular complexity index is 788. The van der Waals surface area contributed by atoms with Crippen molar-refractivity contribution in [1.82, 2.24) is 0 Å². The summed E-state index contributed by atoms with van der Waals surface area (Å²) in [5, 5.41) is 11.5. The second-order valence-electron chi connectivity index (χ2n) is 6.82. The summed E-state index contributed by atoms with van der Waals surface area (Å²) in [6, 6.07) is 1.91. The number of hydrogen-bond donors (Lipinski definition) is 1. The zero-order valence-electron chi connectivity index (χ0n) is 15.3. The summed E-state index contributed by atoms with van der Waals surface area (Å²) in [4.78, 5) is 17.1.